The molecule has 0 spiro atoms. The summed E-state index contributed by atoms with van der Waals surface area (Å²) < 4.78 is 5.54. The highest BCUT2D eigenvalue weighted by Crippen LogP contribution is 2.25. The van der Waals surface area contributed by atoms with E-state index < -0.39 is 5.97 Å². The first-order valence-electron chi connectivity index (χ1n) is 4.66. The number of likely N-dealkylation sites (N-methyl/N-ethyl adjacent to an activating group) is 1. The van der Waals surface area contributed by atoms with E-state index in [4.69, 9.17) is 9.84 Å². The van der Waals surface area contributed by atoms with Crippen LogP contribution in [0.5, 0.6) is 0 Å². The fourth-order valence-electron chi connectivity index (χ4n) is 1.46. The molecule has 0 bridgehead atoms. The van der Waals surface area contributed by atoms with Gasteiger partial charge in [-0.3, -0.25) is 0 Å². The Hall–Kier alpha value is -0.980. The van der Waals surface area contributed by atoms with Crippen LogP contribution in [0, 0.1) is 0 Å². The van der Waals surface area contributed by atoms with Crippen molar-refractivity contribution >= 4 is 17.3 Å². The third-order valence-corrected chi connectivity index (χ3v) is 3.36. The molecule has 82 valence electrons. The predicted octanol–water partition coefficient (Wildman–Crippen LogP) is 0.844. The minimum Gasteiger partial charge on any atom is -0.477 e. The number of carbonyl (C=O) groups is 1. The van der Waals surface area contributed by atoms with Crippen molar-refractivity contribution in [3.05, 3.63) is 16.1 Å². The Morgan fingerprint density at radius 3 is 3.20 bits per heavy atom. The van der Waals surface area contributed by atoms with Crippen molar-refractivity contribution in [3.63, 3.8) is 0 Å². The van der Waals surface area contributed by atoms with Crippen molar-refractivity contribution in [2.75, 3.05) is 26.7 Å². The van der Waals surface area contributed by atoms with Crippen LogP contribution in [0.15, 0.2) is 6.20 Å². The molecule has 5 nitrogen and oxygen atoms in total. The molecular formula is C9H12N2O3S. The number of aromatic nitrogens is 1. The Morgan fingerprint density at radius 2 is 2.60 bits per heavy atom. The van der Waals surface area contributed by atoms with Crippen LogP contribution in [-0.4, -0.2) is 47.7 Å². The summed E-state index contributed by atoms with van der Waals surface area (Å²) >= 11 is 1.19. The van der Waals surface area contributed by atoms with Crippen molar-refractivity contribution in [1.29, 1.82) is 0 Å². The molecule has 1 aromatic rings. The highest BCUT2D eigenvalue weighted by molar-refractivity contribution is 7.13. The molecule has 1 N–H and O–H groups in total. The van der Waals surface area contributed by atoms with Gasteiger partial charge in [-0.1, -0.05) is 0 Å². The summed E-state index contributed by atoms with van der Waals surface area (Å²) in [5, 5.41) is 9.52. The Morgan fingerprint density at radius 1 is 1.80 bits per heavy atom. The summed E-state index contributed by atoms with van der Waals surface area (Å²) in [6.45, 7) is 2.35. The first kappa shape index (κ1) is 10.5. The van der Waals surface area contributed by atoms with E-state index in [1.54, 1.807) is 0 Å². The molecule has 2 rings (SSSR count). The first-order chi connectivity index (χ1) is 7.16. The number of carboxylic acids is 1. The quantitative estimate of drug-likeness (QED) is 0.812. The number of thiazole rings is 1. The average Bonchev–Trinajstić information content (AvgIpc) is 2.66. The second-order valence-corrected chi connectivity index (χ2v) is 4.55. The lowest BCUT2D eigenvalue weighted by atomic mass is 10.3. The van der Waals surface area contributed by atoms with Gasteiger partial charge in [-0.15, -0.1) is 11.3 Å². The smallest absolute Gasteiger partial charge is 0.347 e. The van der Waals surface area contributed by atoms with Gasteiger partial charge in [-0.25, -0.2) is 9.78 Å². The number of hydrogen-bond donors (Lipinski definition) is 1. The first-order valence-corrected chi connectivity index (χ1v) is 5.47. The van der Waals surface area contributed by atoms with Gasteiger partial charge in [0.2, 0.25) is 0 Å². The lowest BCUT2D eigenvalue weighted by molar-refractivity contribution is -0.0209. The van der Waals surface area contributed by atoms with Gasteiger partial charge in [-0.2, -0.15) is 0 Å². The van der Waals surface area contributed by atoms with Gasteiger partial charge in [0, 0.05) is 13.1 Å². The topological polar surface area (TPSA) is 62.7 Å². The SMILES string of the molecule is CN1CCOC(c2ncc(C(=O)O)s2)C1. The third-order valence-electron chi connectivity index (χ3n) is 2.28. The summed E-state index contributed by atoms with van der Waals surface area (Å²) in [7, 11) is 2.02. The molecule has 6 heteroatoms. The molecule has 1 aliphatic heterocycles. The maximum Gasteiger partial charge on any atom is 0.347 e. The molecule has 1 fully saturated rings. The number of rotatable bonds is 2. The standard InChI is InChI=1S/C9H12N2O3S/c1-11-2-3-14-6(5-11)8-10-4-7(15-8)9(12)13/h4,6H,2-3,5H2,1H3,(H,12,13). The zero-order valence-corrected chi connectivity index (χ0v) is 9.16. The molecule has 1 atom stereocenters. The Bertz CT molecular complexity index is 366. The maximum atomic E-state index is 10.7. The van der Waals surface area contributed by atoms with Gasteiger partial charge < -0.3 is 14.7 Å². The van der Waals surface area contributed by atoms with E-state index in [0.29, 0.717) is 6.61 Å². The van der Waals surface area contributed by atoms with Gasteiger partial charge in [0.15, 0.2) is 0 Å². The molecule has 1 aliphatic rings. The van der Waals surface area contributed by atoms with E-state index in [1.165, 1.54) is 17.5 Å². The number of hydrogen-bond acceptors (Lipinski definition) is 5. The third kappa shape index (κ3) is 2.34. The van der Waals surface area contributed by atoms with Crippen LogP contribution in [0.3, 0.4) is 0 Å². The molecule has 0 aromatic carbocycles. The van der Waals surface area contributed by atoms with Gasteiger partial charge in [0.25, 0.3) is 0 Å². The summed E-state index contributed by atoms with van der Waals surface area (Å²) in [6, 6.07) is 0. The van der Waals surface area contributed by atoms with Gasteiger partial charge in [0.05, 0.1) is 12.8 Å². The minimum absolute atomic E-state index is 0.0816. The Labute approximate surface area is 91.3 Å². The van der Waals surface area contributed by atoms with Crippen molar-refractivity contribution in [1.82, 2.24) is 9.88 Å². The predicted molar refractivity (Wildman–Crippen MR) is 55.3 cm³/mol. The molecule has 0 aliphatic carbocycles. The monoisotopic (exact) mass is 228 g/mol. The maximum absolute atomic E-state index is 10.7. The van der Waals surface area contributed by atoms with Crippen molar-refractivity contribution in [2.24, 2.45) is 0 Å². The van der Waals surface area contributed by atoms with Gasteiger partial charge in [0.1, 0.15) is 16.0 Å². The summed E-state index contributed by atoms with van der Waals surface area (Å²) in [6.07, 6.45) is 1.31. The fourth-order valence-corrected chi connectivity index (χ4v) is 2.26. The Balaban J connectivity index is 2.11. The largest absolute Gasteiger partial charge is 0.477 e. The fraction of sp³-hybridized carbons (Fsp3) is 0.556. The minimum atomic E-state index is -0.928. The Kier molecular flexibility index (Phi) is 2.99. The van der Waals surface area contributed by atoms with Gasteiger partial charge in [-0.05, 0) is 7.05 Å². The molecule has 1 saturated heterocycles. The number of nitrogens with zero attached hydrogens (tertiary/aromatic N) is 2. The molecule has 1 unspecified atom stereocenters. The normalized spacial score (nSPS) is 22.9. The van der Waals surface area contributed by atoms with Crippen molar-refractivity contribution in [2.45, 2.75) is 6.10 Å². The second kappa shape index (κ2) is 4.26. The zero-order valence-electron chi connectivity index (χ0n) is 8.34. The number of carboxylic acid groups (broad SMARTS) is 1. The van der Waals surface area contributed by atoms with Crippen LogP contribution < -0.4 is 0 Å². The van der Waals surface area contributed by atoms with E-state index in [1.807, 2.05) is 7.05 Å². The summed E-state index contributed by atoms with van der Waals surface area (Å²) in [5.41, 5.74) is 0. The summed E-state index contributed by atoms with van der Waals surface area (Å²) in [4.78, 5) is 17.2. The second-order valence-electron chi connectivity index (χ2n) is 3.49. The van der Waals surface area contributed by atoms with Crippen LogP contribution in [0.25, 0.3) is 0 Å². The van der Waals surface area contributed by atoms with E-state index in [2.05, 4.69) is 9.88 Å². The highest BCUT2D eigenvalue weighted by Gasteiger charge is 2.23. The van der Waals surface area contributed by atoms with Crippen LogP contribution >= 0.6 is 11.3 Å². The molecule has 2 heterocycles. The lowest BCUT2D eigenvalue weighted by Gasteiger charge is -2.28. The van der Waals surface area contributed by atoms with Crippen LogP contribution in [0.2, 0.25) is 0 Å². The average molecular weight is 228 g/mol. The molecule has 0 saturated carbocycles. The number of morpholine rings is 1. The van der Waals surface area contributed by atoms with Crippen molar-refractivity contribution in [3.8, 4) is 0 Å². The van der Waals surface area contributed by atoms with Crippen LogP contribution in [0.1, 0.15) is 20.8 Å². The molecule has 0 amide bonds. The van der Waals surface area contributed by atoms with Gasteiger partial charge >= 0.3 is 5.97 Å². The van der Waals surface area contributed by atoms with Crippen LogP contribution in [-0.2, 0) is 4.74 Å². The van der Waals surface area contributed by atoms with E-state index in [-0.39, 0.29) is 11.0 Å². The van der Waals surface area contributed by atoms with Crippen molar-refractivity contribution < 1.29 is 14.6 Å². The highest BCUT2D eigenvalue weighted by atomic mass is 32.1. The van der Waals surface area contributed by atoms with E-state index in [9.17, 15) is 4.79 Å². The zero-order chi connectivity index (χ0) is 10.8. The lowest BCUT2D eigenvalue weighted by Crippen LogP contribution is -2.35. The van der Waals surface area contributed by atoms with E-state index >= 15 is 0 Å². The van der Waals surface area contributed by atoms with E-state index in [0.717, 1.165) is 18.1 Å². The van der Waals surface area contributed by atoms with Crippen LogP contribution in [0.4, 0.5) is 0 Å². The molecule has 1 aromatic heterocycles. The number of aromatic carboxylic acids is 1. The molecular weight excluding hydrogens is 216 g/mol. The molecule has 0 radical (unpaired) electrons. The molecule has 15 heavy (non-hydrogen) atoms. The number of ether oxygens (including phenoxy) is 1. The summed E-state index contributed by atoms with van der Waals surface area (Å²) in [5.74, 6) is -0.928.